The Balaban J connectivity index is 0.839. The van der Waals surface area contributed by atoms with E-state index in [0.717, 1.165) is 101 Å². The van der Waals surface area contributed by atoms with Crippen LogP contribution in [0.1, 0.15) is 117 Å². The number of aromatic amines is 1. The Hall–Kier alpha value is -6.60. The summed E-state index contributed by atoms with van der Waals surface area (Å²) in [5.41, 5.74) is 5.29. The molecule has 0 radical (unpaired) electrons. The molecule has 18 heteroatoms. The molecule has 2 saturated carbocycles. The predicted octanol–water partition coefficient (Wildman–Crippen LogP) is 10.6. The fourth-order valence-electron chi connectivity index (χ4n) is 12.2. The van der Waals surface area contributed by atoms with Crippen molar-refractivity contribution in [2.24, 2.45) is 11.3 Å². The summed E-state index contributed by atoms with van der Waals surface area (Å²) in [6.45, 7) is 14.1. The van der Waals surface area contributed by atoms with Crippen LogP contribution in [0.4, 0.5) is 21.5 Å². The van der Waals surface area contributed by atoms with Crippen molar-refractivity contribution in [1.29, 1.82) is 0 Å². The summed E-state index contributed by atoms with van der Waals surface area (Å²) in [6, 6.07) is 26.1. The van der Waals surface area contributed by atoms with Crippen LogP contribution in [-0.2, 0) is 16.6 Å². The number of nitro groups is 1. The molecule has 4 heterocycles. The number of amides is 1. The molecule has 4 aromatic carbocycles. The van der Waals surface area contributed by atoms with E-state index >= 15 is 0 Å². The lowest BCUT2D eigenvalue weighted by molar-refractivity contribution is -0.384. The minimum Gasteiger partial charge on any atom is -0.496 e. The van der Waals surface area contributed by atoms with E-state index in [2.05, 4.69) is 97.9 Å². The molecule has 4 aliphatic rings. The number of piperazine rings is 1. The molecule has 1 atom stereocenters. The Kier molecular flexibility index (Phi) is 14.9. The number of fused-ring (bicyclic) bond motifs is 1. The summed E-state index contributed by atoms with van der Waals surface area (Å²) < 4.78 is 56.5. The first kappa shape index (κ1) is 52.8. The molecule has 1 spiro atoms. The van der Waals surface area contributed by atoms with E-state index in [1.165, 1.54) is 53.3 Å². The maximum absolute atomic E-state index is 14.7. The quantitative estimate of drug-likeness (QED) is 0.0529. The van der Waals surface area contributed by atoms with Crippen molar-refractivity contribution in [1.82, 2.24) is 24.5 Å². The highest BCUT2D eigenvalue weighted by molar-refractivity contribution is 7.90. The van der Waals surface area contributed by atoms with Gasteiger partial charge >= 0.3 is 0 Å². The normalized spacial score (nSPS) is 21.4. The molecule has 0 bridgehead atoms. The first-order chi connectivity index (χ1) is 36.4. The number of rotatable bonds is 16. The molecule has 2 aliphatic heterocycles. The third-order valence-electron chi connectivity index (χ3n) is 16.7. The number of nitrogens with zero attached hydrogens (tertiary/aromatic N) is 5. The minimum atomic E-state index is -4.64. The number of piperidine rings is 1. The standard InChI is InChI=1S/C58H69FN8O8S/c1-37(2)45-8-6-7-9-46(45)52-36-64(35-40-11-10-38(3)53(26-40)74-5)24-25-66(52)42-30-58(31-42)20-22-65(23-21-58)41-12-14-47(54(27-41)75-43-28-48-49(59)34-62-55(48)61-33-43)56(68)63-76(72,73)44-13-15-50(51(29-44)67(70)71)60-32-39-16-18-57(4,69)19-17-39/h6-15,26-29,33-34,37,39,42,52,60,69H,16-25,30-32,35-36H2,1-5H3,(H,61,62)(H,63,68)/t39?,52-,57?/m0/s1. The average molecular weight is 1060 g/mol. The number of benzene rings is 4. The van der Waals surface area contributed by atoms with Gasteiger partial charge in [-0.15, -0.1) is 0 Å². The Morgan fingerprint density at radius 3 is 2.47 bits per heavy atom. The van der Waals surface area contributed by atoms with E-state index in [9.17, 15) is 32.8 Å². The van der Waals surface area contributed by atoms with Gasteiger partial charge < -0.3 is 29.8 Å². The van der Waals surface area contributed by atoms with Crippen LogP contribution in [0, 0.1) is 34.2 Å². The highest BCUT2D eigenvalue weighted by Crippen LogP contribution is 2.53. The molecule has 76 heavy (non-hydrogen) atoms. The second-order valence-corrected chi connectivity index (χ2v) is 24.0. The van der Waals surface area contributed by atoms with E-state index in [4.69, 9.17) is 9.47 Å². The highest BCUT2D eigenvalue weighted by Gasteiger charge is 2.50. The monoisotopic (exact) mass is 1060 g/mol. The summed E-state index contributed by atoms with van der Waals surface area (Å²) in [7, 11) is -2.92. The molecule has 16 nitrogen and oxygen atoms in total. The number of carbonyl (C=O) groups is 1. The molecule has 402 valence electrons. The van der Waals surface area contributed by atoms with Crippen molar-refractivity contribution in [3.63, 3.8) is 0 Å². The molecule has 0 unspecified atom stereocenters. The van der Waals surface area contributed by atoms with Gasteiger partial charge in [0.2, 0.25) is 0 Å². The van der Waals surface area contributed by atoms with E-state index in [-0.39, 0.29) is 45.5 Å². The van der Waals surface area contributed by atoms with Crippen LogP contribution < -0.4 is 24.4 Å². The first-order valence-corrected chi connectivity index (χ1v) is 28.1. The van der Waals surface area contributed by atoms with Crippen molar-refractivity contribution in [2.45, 2.75) is 114 Å². The van der Waals surface area contributed by atoms with Crippen LogP contribution in [0.15, 0.2) is 102 Å². The molecule has 4 N–H and O–H groups in total. The van der Waals surface area contributed by atoms with Crippen molar-refractivity contribution in [2.75, 3.05) is 56.6 Å². The van der Waals surface area contributed by atoms with Gasteiger partial charge in [0, 0.05) is 81.9 Å². The number of aromatic nitrogens is 2. The molecule has 10 rings (SSSR count). The molecular formula is C58H69FN8O8S. The van der Waals surface area contributed by atoms with Crippen LogP contribution in [0.3, 0.4) is 0 Å². The first-order valence-electron chi connectivity index (χ1n) is 26.6. The number of hydrogen-bond acceptors (Lipinski definition) is 13. The predicted molar refractivity (Wildman–Crippen MR) is 291 cm³/mol. The number of methoxy groups -OCH3 is 1. The van der Waals surface area contributed by atoms with Gasteiger partial charge in [-0.3, -0.25) is 24.7 Å². The van der Waals surface area contributed by atoms with E-state index < -0.39 is 42.9 Å². The number of sulfonamides is 1. The Morgan fingerprint density at radius 2 is 1.74 bits per heavy atom. The minimum absolute atomic E-state index is 0.0226. The number of aliphatic hydroxyl groups is 1. The number of pyridine rings is 1. The zero-order valence-electron chi connectivity index (χ0n) is 44.0. The Bertz CT molecular complexity index is 3230. The third-order valence-corrected chi connectivity index (χ3v) is 18.0. The fourth-order valence-corrected chi connectivity index (χ4v) is 13.2. The number of nitro benzene ring substituents is 1. The van der Waals surface area contributed by atoms with Crippen molar-refractivity contribution in [3.05, 3.63) is 141 Å². The van der Waals surface area contributed by atoms with Crippen LogP contribution >= 0.6 is 0 Å². The Morgan fingerprint density at radius 1 is 0.974 bits per heavy atom. The summed E-state index contributed by atoms with van der Waals surface area (Å²) in [6.07, 6.45) is 9.46. The van der Waals surface area contributed by atoms with E-state index in [1.807, 2.05) is 0 Å². The van der Waals surface area contributed by atoms with Crippen LogP contribution in [-0.4, -0.2) is 102 Å². The molecular weight excluding hydrogens is 988 g/mol. The number of nitrogens with one attached hydrogen (secondary N) is 3. The smallest absolute Gasteiger partial charge is 0.293 e. The lowest BCUT2D eigenvalue weighted by Crippen LogP contribution is -2.60. The molecule has 2 aliphatic carbocycles. The summed E-state index contributed by atoms with van der Waals surface area (Å²) in [5, 5.41) is 25.9. The fraction of sp³-hybridized carbons (Fsp3) is 0.448. The number of halogens is 1. The average Bonchev–Trinajstić information content (AvgIpc) is 3.82. The van der Waals surface area contributed by atoms with Gasteiger partial charge in [0.05, 0.1) is 39.7 Å². The molecule has 4 fully saturated rings. The maximum atomic E-state index is 14.7. The summed E-state index contributed by atoms with van der Waals surface area (Å²) >= 11 is 0. The van der Waals surface area contributed by atoms with Crippen molar-refractivity contribution < 1.29 is 37.1 Å². The second kappa shape index (κ2) is 21.4. The maximum Gasteiger partial charge on any atom is 0.293 e. The number of H-pyrrole nitrogens is 1. The van der Waals surface area contributed by atoms with Crippen molar-refractivity contribution >= 4 is 44.0 Å². The number of carbonyl (C=O) groups excluding carboxylic acids is 1. The number of aryl methyl sites for hydroxylation is 1. The van der Waals surface area contributed by atoms with E-state index in [0.29, 0.717) is 37.0 Å². The van der Waals surface area contributed by atoms with Gasteiger partial charge in [0.1, 0.15) is 34.4 Å². The third kappa shape index (κ3) is 11.3. The van der Waals surface area contributed by atoms with Gasteiger partial charge in [0.15, 0.2) is 0 Å². The van der Waals surface area contributed by atoms with Crippen LogP contribution in [0.25, 0.3) is 11.0 Å². The number of ether oxygens (including phenoxy) is 2. The van der Waals surface area contributed by atoms with E-state index in [1.54, 1.807) is 26.2 Å². The zero-order valence-corrected chi connectivity index (χ0v) is 44.8. The topological polar surface area (TPSA) is 195 Å². The lowest BCUT2D eigenvalue weighted by Gasteiger charge is -2.58. The van der Waals surface area contributed by atoms with Gasteiger partial charge in [-0.1, -0.05) is 50.2 Å². The Labute approximate surface area is 444 Å². The summed E-state index contributed by atoms with van der Waals surface area (Å²) in [4.78, 5) is 39.9. The van der Waals surface area contributed by atoms with Crippen LogP contribution in [0.2, 0.25) is 0 Å². The molecule has 2 saturated heterocycles. The van der Waals surface area contributed by atoms with Gasteiger partial charge in [-0.05, 0) is 141 Å². The largest absolute Gasteiger partial charge is 0.496 e. The molecule has 1 amide bonds. The molecule has 2 aromatic heterocycles. The zero-order chi connectivity index (χ0) is 53.5. The SMILES string of the molecule is COc1cc(CN2CCN(C3CC4(CCN(c5ccc(C(=O)NS(=O)(=O)c6ccc(NCC7CCC(C)(O)CC7)c([N+](=O)[O-])c6)c(Oc6cnc7[nH]cc(F)c7c6)c5)CC4)C3)[C@H](c3ccccc3C(C)C)C2)ccc1C. The van der Waals surface area contributed by atoms with Gasteiger partial charge in [-0.2, -0.15) is 0 Å². The van der Waals surface area contributed by atoms with Crippen LogP contribution in [0.5, 0.6) is 17.2 Å². The van der Waals surface area contributed by atoms with Crippen molar-refractivity contribution in [3.8, 4) is 17.2 Å². The lowest BCUT2D eigenvalue weighted by atomic mass is 9.59. The highest BCUT2D eigenvalue weighted by atomic mass is 32.2. The number of hydrogen-bond donors (Lipinski definition) is 4. The molecule has 6 aromatic rings. The number of anilines is 2. The van der Waals surface area contributed by atoms with Gasteiger partial charge in [-0.25, -0.2) is 22.5 Å². The second-order valence-electron chi connectivity index (χ2n) is 22.3. The summed E-state index contributed by atoms with van der Waals surface area (Å²) in [5.74, 6) is 0.0775. The van der Waals surface area contributed by atoms with Gasteiger partial charge in [0.25, 0.3) is 21.6 Å².